The minimum absolute atomic E-state index is 0.155. The van der Waals surface area contributed by atoms with Gasteiger partial charge in [0, 0.05) is 12.6 Å². The van der Waals surface area contributed by atoms with Crippen LogP contribution in [-0.4, -0.2) is 23.7 Å². The standard InChI is InChI=1S/C8H15NO2/c1-2-7-4-3-6(5-9-7)8(10)11/h6-7,9H,2-5H2,1H3,(H,10,11)/t6-,7-/m1/s1. The van der Waals surface area contributed by atoms with E-state index in [4.69, 9.17) is 5.11 Å². The van der Waals surface area contributed by atoms with Crippen LogP contribution in [0.2, 0.25) is 0 Å². The maximum atomic E-state index is 10.5. The van der Waals surface area contributed by atoms with Crippen LogP contribution in [0.15, 0.2) is 0 Å². The summed E-state index contributed by atoms with van der Waals surface area (Å²) in [4.78, 5) is 10.5. The van der Waals surface area contributed by atoms with Gasteiger partial charge in [-0.1, -0.05) is 6.92 Å². The van der Waals surface area contributed by atoms with E-state index in [0.29, 0.717) is 12.6 Å². The maximum absolute atomic E-state index is 10.5. The number of nitrogens with one attached hydrogen (secondary N) is 1. The van der Waals surface area contributed by atoms with E-state index in [9.17, 15) is 4.79 Å². The molecule has 1 saturated heterocycles. The minimum Gasteiger partial charge on any atom is -0.481 e. The van der Waals surface area contributed by atoms with E-state index in [1.165, 1.54) is 0 Å². The molecule has 1 fully saturated rings. The number of piperidine rings is 1. The SMILES string of the molecule is CC[C@@H]1CC[C@@H](C(=O)O)CN1. The van der Waals surface area contributed by atoms with Crippen molar-refractivity contribution in [3.8, 4) is 0 Å². The van der Waals surface area contributed by atoms with Crippen molar-refractivity contribution >= 4 is 5.97 Å². The van der Waals surface area contributed by atoms with Crippen LogP contribution in [0.3, 0.4) is 0 Å². The molecule has 0 aromatic rings. The van der Waals surface area contributed by atoms with Crippen LogP contribution in [0, 0.1) is 5.92 Å². The second kappa shape index (κ2) is 3.72. The maximum Gasteiger partial charge on any atom is 0.307 e. The number of aliphatic carboxylic acids is 1. The predicted molar refractivity (Wildman–Crippen MR) is 42.4 cm³/mol. The van der Waals surface area contributed by atoms with E-state index in [0.717, 1.165) is 19.3 Å². The number of carboxylic acid groups (broad SMARTS) is 1. The molecule has 0 amide bonds. The van der Waals surface area contributed by atoms with Gasteiger partial charge in [0.15, 0.2) is 0 Å². The molecule has 1 aliphatic heterocycles. The summed E-state index contributed by atoms with van der Waals surface area (Å²) in [6.45, 7) is 2.77. The summed E-state index contributed by atoms with van der Waals surface area (Å²) in [5.74, 6) is -0.815. The van der Waals surface area contributed by atoms with Gasteiger partial charge >= 0.3 is 5.97 Å². The van der Waals surface area contributed by atoms with E-state index in [-0.39, 0.29) is 5.92 Å². The Bertz CT molecular complexity index is 139. The molecule has 1 heterocycles. The molecule has 1 rings (SSSR count). The zero-order valence-corrected chi connectivity index (χ0v) is 6.84. The Morgan fingerprint density at radius 1 is 1.64 bits per heavy atom. The molecule has 64 valence electrons. The van der Waals surface area contributed by atoms with Crippen molar-refractivity contribution in [2.75, 3.05) is 6.54 Å². The molecule has 0 bridgehead atoms. The monoisotopic (exact) mass is 157 g/mol. The average Bonchev–Trinajstić information content (AvgIpc) is 2.05. The number of rotatable bonds is 2. The zero-order chi connectivity index (χ0) is 8.27. The Morgan fingerprint density at radius 2 is 2.36 bits per heavy atom. The zero-order valence-electron chi connectivity index (χ0n) is 6.84. The summed E-state index contributed by atoms with van der Waals surface area (Å²) in [7, 11) is 0. The van der Waals surface area contributed by atoms with Gasteiger partial charge < -0.3 is 10.4 Å². The molecule has 1 aliphatic rings. The first kappa shape index (κ1) is 8.53. The van der Waals surface area contributed by atoms with E-state index in [2.05, 4.69) is 12.2 Å². The molecule has 11 heavy (non-hydrogen) atoms. The Labute approximate surface area is 66.8 Å². The van der Waals surface area contributed by atoms with Crippen molar-refractivity contribution in [3.63, 3.8) is 0 Å². The lowest BCUT2D eigenvalue weighted by molar-refractivity contribution is -0.142. The second-order valence-corrected chi connectivity index (χ2v) is 3.13. The molecule has 0 aliphatic carbocycles. The van der Waals surface area contributed by atoms with Crippen LogP contribution < -0.4 is 5.32 Å². The molecular formula is C8H15NO2. The summed E-state index contributed by atoms with van der Waals surface area (Å²) in [5, 5.41) is 11.9. The van der Waals surface area contributed by atoms with Crippen molar-refractivity contribution < 1.29 is 9.90 Å². The lowest BCUT2D eigenvalue weighted by atomic mass is 9.94. The van der Waals surface area contributed by atoms with E-state index < -0.39 is 5.97 Å². The van der Waals surface area contributed by atoms with E-state index in [1.807, 2.05) is 0 Å². The van der Waals surface area contributed by atoms with Gasteiger partial charge in [0.2, 0.25) is 0 Å². The van der Waals surface area contributed by atoms with E-state index in [1.54, 1.807) is 0 Å². The van der Waals surface area contributed by atoms with Gasteiger partial charge in [-0.2, -0.15) is 0 Å². The average molecular weight is 157 g/mol. The summed E-state index contributed by atoms with van der Waals surface area (Å²) < 4.78 is 0. The molecule has 0 unspecified atom stereocenters. The lowest BCUT2D eigenvalue weighted by Gasteiger charge is -2.26. The first-order valence-electron chi connectivity index (χ1n) is 4.20. The Balaban J connectivity index is 2.30. The highest BCUT2D eigenvalue weighted by Crippen LogP contribution is 2.15. The number of carboxylic acids is 1. The molecule has 2 N–H and O–H groups in total. The molecule has 0 saturated carbocycles. The fourth-order valence-corrected chi connectivity index (χ4v) is 1.47. The number of hydrogen-bond acceptors (Lipinski definition) is 2. The smallest absolute Gasteiger partial charge is 0.307 e. The molecule has 0 spiro atoms. The molecule has 0 radical (unpaired) electrons. The Morgan fingerprint density at radius 3 is 2.73 bits per heavy atom. The second-order valence-electron chi connectivity index (χ2n) is 3.13. The normalized spacial score (nSPS) is 31.7. The third-order valence-electron chi connectivity index (χ3n) is 2.36. The van der Waals surface area contributed by atoms with Crippen molar-refractivity contribution in [1.29, 1.82) is 0 Å². The highest BCUT2D eigenvalue weighted by molar-refractivity contribution is 5.70. The first-order valence-corrected chi connectivity index (χ1v) is 4.20. The van der Waals surface area contributed by atoms with Gasteiger partial charge in [-0.05, 0) is 19.3 Å². The van der Waals surface area contributed by atoms with Gasteiger partial charge in [-0.25, -0.2) is 0 Å². The highest BCUT2D eigenvalue weighted by atomic mass is 16.4. The van der Waals surface area contributed by atoms with Crippen LogP contribution in [0.4, 0.5) is 0 Å². The Hall–Kier alpha value is -0.570. The van der Waals surface area contributed by atoms with Crippen molar-refractivity contribution in [2.45, 2.75) is 32.2 Å². The summed E-state index contributed by atoms with van der Waals surface area (Å²) in [6, 6.07) is 0.547. The van der Waals surface area contributed by atoms with Gasteiger partial charge in [0.05, 0.1) is 5.92 Å². The van der Waals surface area contributed by atoms with Crippen molar-refractivity contribution in [3.05, 3.63) is 0 Å². The van der Waals surface area contributed by atoms with Crippen LogP contribution in [-0.2, 0) is 4.79 Å². The van der Waals surface area contributed by atoms with Gasteiger partial charge in [0.25, 0.3) is 0 Å². The minimum atomic E-state index is -0.660. The summed E-state index contributed by atoms with van der Waals surface area (Å²) in [5.41, 5.74) is 0. The number of hydrogen-bond donors (Lipinski definition) is 2. The van der Waals surface area contributed by atoms with Crippen LogP contribution in [0.5, 0.6) is 0 Å². The number of carbonyl (C=O) groups is 1. The quantitative estimate of drug-likeness (QED) is 0.624. The van der Waals surface area contributed by atoms with Crippen molar-refractivity contribution in [2.24, 2.45) is 5.92 Å². The lowest BCUT2D eigenvalue weighted by Crippen LogP contribution is -2.41. The summed E-state index contributed by atoms with van der Waals surface area (Å²) in [6.07, 6.45) is 2.95. The highest BCUT2D eigenvalue weighted by Gasteiger charge is 2.23. The van der Waals surface area contributed by atoms with Gasteiger partial charge in [-0.3, -0.25) is 4.79 Å². The van der Waals surface area contributed by atoms with Crippen LogP contribution >= 0.6 is 0 Å². The molecule has 0 aromatic carbocycles. The fraction of sp³-hybridized carbons (Fsp3) is 0.875. The van der Waals surface area contributed by atoms with Gasteiger partial charge in [0.1, 0.15) is 0 Å². The topological polar surface area (TPSA) is 49.3 Å². The predicted octanol–water partition coefficient (Wildman–Crippen LogP) is 0.849. The fourth-order valence-electron chi connectivity index (χ4n) is 1.47. The largest absolute Gasteiger partial charge is 0.481 e. The third-order valence-corrected chi connectivity index (χ3v) is 2.36. The first-order chi connectivity index (χ1) is 5.24. The Kier molecular flexibility index (Phi) is 2.88. The van der Waals surface area contributed by atoms with Gasteiger partial charge in [-0.15, -0.1) is 0 Å². The summed E-state index contributed by atoms with van der Waals surface area (Å²) >= 11 is 0. The molecule has 2 atom stereocenters. The molecular weight excluding hydrogens is 142 g/mol. The molecule has 3 nitrogen and oxygen atoms in total. The van der Waals surface area contributed by atoms with Crippen LogP contribution in [0.1, 0.15) is 26.2 Å². The van der Waals surface area contributed by atoms with Crippen LogP contribution in [0.25, 0.3) is 0 Å². The molecule has 3 heteroatoms. The third kappa shape index (κ3) is 2.19. The molecule has 0 aromatic heterocycles. The van der Waals surface area contributed by atoms with E-state index >= 15 is 0 Å². The van der Waals surface area contributed by atoms with Crippen molar-refractivity contribution in [1.82, 2.24) is 5.32 Å².